The highest BCUT2D eigenvalue weighted by Gasteiger charge is 2.34. The normalized spacial score (nSPS) is 17.5. The van der Waals surface area contributed by atoms with Gasteiger partial charge in [0.25, 0.3) is 0 Å². The number of alkyl carbamates (subject to hydrolysis) is 1. The second-order valence-corrected chi connectivity index (χ2v) is 17.4. The maximum atomic E-state index is 12.7. The van der Waals surface area contributed by atoms with Crippen molar-refractivity contribution in [2.45, 2.75) is 158 Å². The number of nitrogens with zero attached hydrogens (tertiary/aromatic N) is 2. The smallest absolute Gasteiger partial charge is 0.407 e. The molecule has 4 amide bonds. The first kappa shape index (κ1) is 48.7. The number of hydrogen-bond acceptors (Lipinski definition) is 7. The van der Waals surface area contributed by atoms with E-state index in [4.69, 9.17) is 4.74 Å². The molecule has 10 nitrogen and oxygen atoms in total. The largest absolute Gasteiger partial charge is 0.445 e. The number of rotatable bonds is 13. The van der Waals surface area contributed by atoms with E-state index in [1.54, 1.807) is 24.5 Å². The van der Waals surface area contributed by atoms with Gasteiger partial charge < -0.3 is 30.7 Å². The molecule has 3 fully saturated rings. The van der Waals surface area contributed by atoms with Crippen LogP contribution in [-0.2, 0) is 16.1 Å². The lowest BCUT2D eigenvalue weighted by Gasteiger charge is -2.25. The minimum Gasteiger partial charge on any atom is -0.445 e. The number of fused-ring (bicyclic) bond motifs is 4. The molecular formula is C45H75N5O5S. The number of carbonyl (C=O) groups excluding carboxylic acids is 3. The summed E-state index contributed by atoms with van der Waals surface area (Å²) >= 11 is 1.57. The van der Waals surface area contributed by atoms with Gasteiger partial charge in [-0.25, -0.2) is 14.6 Å². The molecule has 316 valence electrons. The maximum absolute atomic E-state index is 12.7. The van der Waals surface area contributed by atoms with Crippen LogP contribution in [0.15, 0.2) is 52.0 Å². The van der Waals surface area contributed by atoms with E-state index in [0.29, 0.717) is 12.5 Å². The van der Waals surface area contributed by atoms with Crippen LogP contribution in [0.2, 0.25) is 0 Å². The van der Waals surface area contributed by atoms with Gasteiger partial charge in [-0.1, -0.05) is 108 Å². The third kappa shape index (κ3) is 17.0. The molecule has 0 aromatic carbocycles. The summed E-state index contributed by atoms with van der Waals surface area (Å²) in [4.78, 5) is 43.0. The molecule has 0 spiro atoms. The number of nitrogens with one attached hydrogen (secondary N) is 3. The highest BCUT2D eigenvalue weighted by molar-refractivity contribution is 7.09. The third-order valence-electron chi connectivity index (χ3n) is 10.9. The number of aromatic nitrogens is 1. The summed E-state index contributed by atoms with van der Waals surface area (Å²) in [5, 5.41) is 21.0. The zero-order valence-electron chi connectivity index (χ0n) is 36.4. The Kier molecular flexibility index (Phi) is 22.4. The number of aliphatic hydroxyl groups excluding tert-OH is 1. The third-order valence-corrected chi connectivity index (χ3v) is 12.1. The van der Waals surface area contributed by atoms with E-state index in [2.05, 4.69) is 55.2 Å². The van der Waals surface area contributed by atoms with Crippen molar-refractivity contribution < 1.29 is 24.2 Å². The molecule has 5 rings (SSSR count). The van der Waals surface area contributed by atoms with Crippen LogP contribution in [0.25, 0.3) is 0 Å². The van der Waals surface area contributed by atoms with Gasteiger partial charge in [-0.2, -0.15) is 0 Å². The summed E-state index contributed by atoms with van der Waals surface area (Å²) < 4.78 is 5.00. The summed E-state index contributed by atoms with van der Waals surface area (Å²) in [5.74, 6) is 1.75. The lowest BCUT2D eigenvalue weighted by atomic mass is 9.89. The molecule has 1 aromatic heterocycles. The van der Waals surface area contributed by atoms with Crippen molar-refractivity contribution in [2.24, 2.45) is 17.8 Å². The zero-order chi connectivity index (χ0) is 41.8. The summed E-state index contributed by atoms with van der Waals surface area (Å²) in [6.45, 7) is 22.3. The quantitative estimate of drug-likeness (QED) is 0.147. The predicted molar refractivity (Wildman–Crippen MR) is 232 cm³/mol. The van der Waals surface area contributed by atoms with E-state index in [0.717, 1.165) is 28.1 Å². The number of aliphatic hydroxyl groups is 1. The SMILES string of the molecule is C/C=C(\C)COC(=O)NCC(O)CCNC(=O)C(NC(=O)N(C)Cc1csc(C(C)C)n1)C(C)C.C=CC.CC1C2=C3CCC(=C1CC2)C3.CC1CCCCC1. The van der Waals surface area contributed by atoms with Gasteiger partial charge in [0.1, 0.15) is 12.6 Å². The van der Waals surface area contributed by atoms with Gasteiger partial charge >= 0.3 is 12.1 Å². The lowest BCUT2D eigenvalue weighted by Crippen LogP contribution is -2.53. The van der Waals surface area contributed by atoms with Crippen LogP contribution in [0.1, 0.15) is 150 Å². The zero-order valence-corrected chi connectivity index (χ0v) is 37.2. The molecule has 2 unspecified atom stereocenters. The van der Waals surface area contributed by atoms with Gasteiger partial charge in [0.15, 0.2) is 0 Å². The molecule has 0 saturated heterocycles. The monoisotopic (exact) mass is 798 g/mol. The molecule has 4 aliphatic carbocycles. The van der Waals surface area contributed by atoms with Crippen LogP contribution in [0.5, 0.6) is 0 Å². The Morgan fingerprint density at radius 1 is 1.02 bits per heavy atom. The second kappa shape index (κ2) is 25.7. The number of urea groups is 1. The Labute approximate surface area is 343 Å². The van der Waals surface area contributed by atoms with Crippen LogP contribution in [-0.4, -0.2) is 71.9 Å². The first-order valence-electron chi connectivity index (χ1n) is 21.0. The molecule has 0 radical (unpaired) electrons. The highest BCUT2D eigenvalue weighted by atomic mass is 32.1. The Morgan fingerprint density at radius 3 is 2.12 bits per heavy atom. The fourth-order valence-corrected chi connectivity index (χ4v) is 8.14. The van der Waals surface area contributed by atoms with Crippen LogP contribution in [0.4, 0.5) is 9.59 Å². The molecule has 56 heavy (non-hydrogen) atoms. The van der Waals surface area contributed by atoms with Crippen LogP contribution in [0.3, 0.4) is 0 Å². The minimum atomic E-state index is -0.849. The Morgan fingerprint density at radius 2 is 1.62 bits per heavy atom. The number of ether oxygens (including phenoxy) is 1. The van der Waals surface area contributed by atoms with Crippen LogP contribution < -0.4 is 16.0 Å². The summed E-state index contributed by atoms with van der Waals surface area (Å²) in [5.41, 5.74) is 9.00. The van der Waals surface area contributed by atoms with Gasteiger partial charge in [0.05, 0.1) is 23.4 Å². The van der Waals surface area contributed by atoms with Gasteiger partial charge in [0, 0.05) is 31.4 Å². The van der Waals surface area contributed by atoms with E-state index >= 15 is 0 Å². The Balaban J connectivity index is 0.000000406. The molecule has 1 aromatic rings. The summed E-state index contributed by atoms with van der Waals surface area (Å²) in [7, 11) is 1.66. The van der Waals surface area contributed by atoms with Crippen molar-refractivity contribution in [3.63, 3.8) is 0 Å². The fourth-order valence-electron chi connectivity index (χ4n) is 7.31. The second-order valence-electron chi connectivity index (χ2n) is 16.5. The van der Waals surface area contributed by atoms with Gasteiger partial charge in [0.2, 0.25) is 5.91 Å². The van der Waals surface area contributed by atoms with Crippen molar-refractivity contribution >= 4 is 29.4 Å². The number of carbonyl (C=O) groups is 3. The molecule has 4 bridgehead atoms. The van der Waals surface area contributed by atoms with Crippen molar-refractivity contribution in [2.75, 3.05) is 26.7 Å². The van der Waals surface area contributed by atoms with Crippen LogP contribution in [0, 0.1) is 17.8 Å². The molecule has 4 N–H and O–H groups in total. The minimum absolute atomic E-state index is 0.00781. The van der Waals surface area contributed by atoms with E-state index in [9.17, 15) is 19.5 Å². The number of thiazole rings is 1. The number of hydrogen-bond donors (Lipinski definition) is 4. The van der Waals surface area contributed by atoms with Crippen molar-refractivity contribution in [1.29, 1.82) is 0 Å². The predicted octanol–water partition coefficient (Wildman–Crippen LogP) is 9.98. The van der Waals surface area contributed by atoms with E-state index < -0.39 is 18.2 Å². The van der Waals surface area contributed by atoms with Gasteiger partial charge in [-0.3, -0.25) is 4.79 Å². The molecule has 11 heteroatoms. The van der Waals surface area contributed by atoms with Crippen molar-refractivity contribution in [3.8, 4) is 0 Å². The topological polar surface area (TPSA) is 133 Å². The number of allylic oxidation sites excluding steroid dienone is 6. The molecule has 2 atom stereocenters. The van der Waals surface area contributed by atoms with E-state index in [1.807, 2.05) is 68.4 Å². The molecule has 4 aliphatic rings. The summed E-state index contributed by atoms with van der Waals surface area (Å²) in [6, 6.07) is -1.10. The van der Waals surface area contributed by atoms with Crippen LogP contribution >= 0.6 is 11.3 Å². The Bertz CT molecular complexity index is 1460. The van der Waals surface area contributed by atoms with Gasteiger partial charge in [-0.15, -0.1) is 17.9 Å². The molecule has 0 aliphatic heterocycles. The standard InChI is InChI=1S/C24H41N5O5S.C11H14.C7H14.C3H6/c1-8-17(6)13-34-24(33)26-11-19(30)9-10-25-21(31)20(15(2)3)28-23(32)29(7)12-18-14-35-22(27-18)16(4)5;1-7-10-4-5-11(7)9-3-2-8(10)6-9;1-7-5-3-2-4-6-7;1-3-2/h8,14-16,19-20,30H,9-13H2,1-7H3,(H,25,31)(H,26,33)(H,28,32);7H,2-6H2,1H3;7H,2-6H2,1H3;3H,1H2,2H3/b17-8+;;;. The van der Waals surface area contributed by atoms with Crippen molar-refractivity contribution in [3.05, 3.63) is 62.7 Å². The number of amides is 4. The summed E-state index contributed by atoms with van der Waals surface area (Å²) in [6.07, 6.45) is 16.8. The van der Waals surface area contributed by atoms with E-state index in [-0.39, 0.29) is 44.0 Å². The van der Waals surface area contributed by atoms with Gasteiger partial charge in [-0.05, 0) is 82.6 Å². The Hall–Kier alpha value is -3.44. The molecular weight excluding hydrogens is 723 g/mol. The average Bonchev–Trinajstić information content (AvgIpc) is 3.88. The molecule has 3 saturated carbocycles. The van der Waals surface area contributed by atoms with Crippen molar-refractivity contribution in [1.82, 2.24) is 25.8 Å². The maximum Gasteiger partial charge on any atom is 0.407 e. The lowest BCUT2D eigenvalue weighted by molar-refractivity contribution is -0.124. The first-order valence-corrected chi connectivity index (χ1v) is 21.9. The molecule has 1 heterocycles. The first-order chi connectivity index (χ1) is 26.6. The highest BCUT2D eigenvalue weighted by Crippen LogP contribution is 2.51. The average molecular weight is 798 g/mol. The van der Waals surface area contributed by atoms with E-state index in [1.165, 1.54) is 69.1 Å². The fraction of sp³-hybridized carbons (Fsp3) is 0.689.